The summed E-state index contributed by atoms with van der Waals surface area (Å²) in [6.45, 7) is 1.80. The van der Waals surface area contributed by atoms with E-state index in [1.807, 2.05) is 0 Å². The van der Waals surface area contributed by atoms with E-state index in [0.29, 0.717) is 34.9 Å². The normalized spacial score (nSPS) is 25.4. The van der Waals surface area contributed by atoms with Gasteiger partial charge < -0.3 is 10.6 Å². The second kappa shape index (κ2) is 6.92. The van der Waals surface area contributed by atoms with E-state index in [9.17, 15) is 18.4 Å². The molecule has 2 bridgehead atoms. The maximum atomic E-state index is 13.3. The lowest BCUT2D eigenvalue weighted by Crippen LogP contribution is -2.77. The van der Waals surface area contributed by atoms with Crippen LogP contribution in [0.4, 0.5) is 14.5 Å². The molecular weight excluding hydrogens is 423 g/mol. The van der Waals surface area contributed by atoms with Gasteiger partial charge in [-0.3, -0.25) is 9.59 Å². The van der Waals surface area contributed by atoms with Gasteiger partial charge in [-0.2, -0.15) is 4.39 Å². The summed E-state index contributed by atoms with van der Waals surface area (Å²) >= 11 is 11.8. The molecule has 3 aliphatic rings. The molecule has 0 spiro atoms. The first-order chi connectivity index (χ1) is 13.6. The standard InChI is InChI=1S/C20H17Cl2F2N3O2/c1-10(17(28)26-12-5-15(23)16(24)25-6-12)19-7-20(8-19,9-19)27-18(29)11-2-3-13(21)14(22)4-11/h2-6,10H,7-9H2,1H3,(H,26,28)(H,27,29). The zero-order valence-electron chi connectivity index (χ0n) is 15.4. The van der Waals surface area contributed by atoms with Gasteiger partial charge in [0.2, 0.25) is 11.9 Å². The third-order valence-corrected chi connectivity index (χ3v) is 6.75. The van der Waals surface area contributed by atoms with Crippen LogP contribution in [0.15, 0.2) is 30.5 Å². The Kier molecular flexibility index (Phi) is 4.78. The molecule has 0 saturated heterocycles. The number of pyridine rings is 1. The first kappa shape index (κ1) is 20.0. The molecule has 9 heteroatoms. The Morgan fingerprint density at radius 3 is 2.45 bits per heavy atom. The first-order valence-electron chi connectivity index (χ1n) is 9.03. The van der Waals surface area contributed by atoms with Crippen LogP contribution in [0.1, 0.15) is 36.5 Å². The Morgan fingerprint density at radius 2 is 1.83 bits per heavy atom. The van der Waals surface area contributed by atoms with Crippen molar-refractivity contribution in [2.24, 2.45) is 11.3 Å². The lowest BCUT2D eigenvalue weighted by Gasteiger charge is -2.72. The Labute approximate surface area is 175 Å². The van der Waals surface area contributed by atoms with E-state index in [-0.39, 0.29) is 34.4 Å². The minimum absolute atomic E-state index is 0.106. The maximum Gasteiger partial charge on any atom is 0.251 e. The summed E-state index contributed by atoms with van der Waals surface area (Å²) in [6, 6.07) is 5.60. The molecule has 2 N–H and O–H groups in total. The summed E-state index contributed by atoms with van der Waals surface area (Å²) in [4.78, 5) is 28.3. The number of hydrogen-bond acceptors (Lipinski definition) is 3. The van der Waals surface area contributed by atoms with Gasteiger partial charge in [0.25, 0.3) is 5.91 Å². The van der Waals surface area contributed by atoms with E-state index in [1.54, 1.807) is 19.1 Å². The van der Waals surface area contributed by atoms with Crippen molar-refractivity contribution in [3.8, 4) is 0 Å². The average molecular weight is 440 g/mol. The zero-order chi connectivity index (χ0) is 21.0. The van der Waals surface area contributed by atoms with E-state index in [0.717, 1.165) is 12.3 Å². The summed E-state index contributed by atoms with van der Waals surface area (Å²) < 4.78 is 26.2. The van der Waals surface area contributed by atoms with Crippen LogP contribution < -0.4 is 10.6 Å². The molecule has 1 heterocycles. The van der Waals surface area contributed by atoms with Gasteiger partial charge in [-0.15, -0.1) is 0 Å². The minimum atomic E-state index is -1.21. The predicted molar refractivity (Wildman–Crippen MR) is 105 cm³/mol. The van der Waals surface area contributed by atoms with Crippen molar-refractivity contribution < 1.29 is 18.4 Å². The molecule has 3 saturated carbocycles. The second-order valence-electron chi connectivity index (χ2n) is 7.96. The van der Waals surface area contributed by atoms with Crippen LogP contribution in [0, 0.1) is 23.1 Å². The Balaban J connectivity index is 1.35. The highest BCUT2D eigenvalue weighted by Gasteiger charge is 2.71. The molecule has 1 atom stereocenters. The van der Waals surface area contributed by atoms with Gasteiger partial charge in [0, 0.05) is 23.1 Å². The number of aromatic nitrogens is 1. The van der Waals surface area contributed by atoms with E-state index >= 15 is 0 Å². The number of carbonyl (C=O) groups excluding carboxylic acids is 2. The molecule has 2 aromatic rings. The Morgan fingerprint density at radius 1 is 1.14 bits per heavy atom. The first-order valence-corrected chi connectivity index (χ1v) is 9.78. The highest BCUT2D eigenvalue weighted by atomic mass is 35.5. The molecule has 0 radical (unpaired) electrons. The molecule has 1 unspecified atom stereocenters. The molecule has 2 amide bonds. The molecule has 0 aliphatic heterocycles. The smallest absolute Gasteiger partial charge is 0.251 e. The van der Waals surface area contributed by atoms with Crippen molar-refractivity contribution in [1.29, 1.82) is 0 Å². The van der Waals surface area contributed by atoms with Crippen molar-refractivity contribution in [1.82, 2.24) is 10.3 Å². The van der Waals surface area contributed by atoms with Crippen molar-refractivity contribution >= 4 is 40.7 Å². The number of nitrogens with zero attached hydrogens (tertiary/aromatic N) is 1. The van der Waals surface area contributed by atoms with Crippen LogP contribution in [0.5, 0.6) is 0 Å². The van der Waals surface area contributed by atoms with Crippen LogP contribution in [0.2, 0.25) is 10.0 Å². The van der Waals surface area contributed by atoms with Gasteiger partial charge in [0.05, 0.1) is 21.9 Å². The molecule has 5 nitrogen and oxygen atoms in total. The molecule has 29 heavy (non-hydrogen) atoms. The van der Waals surface area contributed by atoms with E-state index < -0.39 is 11.8 Å². The topological polar surface area (TPSA) is 71.1 Å². The molecule has 3 fully saturated rings. The van der Waals surface area contributed by atoms with Gasteiger partial charge in [-0.05, 0) is 42.9 Å². The number of carbonyl (C=O) groups is 2. The number of hydrogen-bond donors (Lipinski definition) is 2. The molecular formula is C20H17Cl2F2N3O2. The summed E-state index contributed by atoms with van der Waals surface area (Å²) in [5, 5.41) is 6.30. The monoisotopic (exact) mass is 439 g/mol. The van der Waals surface area contributed by atoms with Crippen molar-refractivity contribution in [2.45, 2.75) is 31.7 Å². The van der Waals surface area contributed by atoms with E-state index in [1.165, 1.54) is 6.07 Å². The van der Waals surface area contributed by atoms with Crippen molar-refractivity contribution in [2.75, 3.05) is 5.32 Å². The Bertz CT molecular complexity index is 1010. The molecule has 1 aromatic heterocycles. The minimum Gasteiger partial charge on any atom is -0.347 e. The van der Waals surface area contributed by atoms with Gasteiger partial charge in [-0.25, -0.2) is 9.37 Å². The highest BCUT2D eigenvalue weighted by Crippen LogP contribution is 2.70. The number of nitrogens with one attached hydrogen (secondary N) is 2. The van der Waals surface area contributed by atoms with Crippen LogP contribution in [0.25, 0.3) is 0 Å². The number of rotatable bonds is 5. The highest BCUT2D eigenvalue weighted by molar-refractivity contribution is 6.42. The lowest BCUT2D eigenvalue weighted by molar-refractivity contribution is -0.184. The molecule has 152 valence electrons. The zero-order valence-corrected chi connectivity index (χ0v) is 16.9. The maximum absolute atomic E-state index is 13.3. The number of anilines is 1. The second-order valence-corrected chi connectivity index (χ2v) is 8.78. The molecule has 3 aliphatic carbocycles. The van der Waals surface area contributed by atoms with Crippen LogP contribution in [-0.4, -0.2) is 22.3 Å². The largest absolute Gasteiger partial charge is 0.347 e. The fourth-order valence-electron chi connectivity index (χ4n) is 4.43. The third-order valence-electron chi connectivity index (χ3n) is 6.01. The summed E-state index contributed by atoms with van der Waals surface area (Å²) in [5.41, 5.74) is 0.00669. The van der Waals surface area contributed by atoms with E-state index in [2.05, 4.69) is 15.6 Å². The van der Waals surface area contributed by atoms with E-state index in [4.69, 9.17) is 23.2 Å². The lowest BCUT2D eigenvalue weighted by atomic mass is 9.36. The summed E-state index contributed by atoms with van der Waals surface area (Å²) in [6.07, 6.45) is 3.11. The quantitative estimate of drug-likeness (QED) is 0.668. The van der Waals surface area contributed by atoms with Crippen LogP contribution in [-0.2, 0) is 4.79 Å². The fraction of sp³-hybridized carbons (Fsp3) is 0.350. The summed E-state index contributed by atoms with van der Waals surface area (Å²) in [7, 11) is 0. The third kappa shape index (κ3) is 3.46. The Hall–Kier alpha value is -2.25. The van der Waals surface area contributed by atoms with Crippen molar-refractivity contribution in [3.05, 3.63) is 57.8 Å². The summed E-state index contributed by atoms with van der Waals surface area (Å²) in [5.74, 6) is -3.21. The molecule has 5 rings (SSSR count). The van der Waals surface area contributed by atoms with Crippen molar-refractivity contribution in [3.63, 3.8) is 0 Å². The van der Waals surface area contributed by atoms with Gasteiger partial charge in [0.1, 0.15) is 0 Å². The fourth-order valence-corrected chi connectivity index (χ4v) is 4.72. The van der Waals surface area contributed by atoms with Gasteiger partial charge in [0.15, 0.2) is 5.82 Å². The van der Waals surface area contributed by atoms with Gasteiger partial charge >= 0.3 is 0 Å². The van der Waals surface area contributed by atoms with Crippen LogP contribution >= 0.6 is 23.2 Å². The average Bonchev–Trinajstić information content (AvgIpc) is 2.61. The number of benzene rings is 1. The molecule has 1 aromatic carbocycles. The number of amides is 2. The van der Waals surface area contributed by atoms with Crippen LogP contribution in [0.3, 0.4) is 0 Å². The SMILES string of the molecule is CC(C(=O)Nc1cnc(F)c(F)c1)C12CC(NC(=O)c3ccc(Cl)c(Cl)c3)(C1)C2. The predicted octanol–water partition coefficient (Wildman–Crippen LogP) is 4.59. The number of halogens is 4. The van der Waals surface area contributed by atoms with Gasteiger partial charge in [-0.1, -0.05) is 30.1 Å².